The number of hydrogen-bond acceptors (Lipinski definition) is 5. The third kappa shape index (κ3) is 9.61. The number of nitrogens with zero attached hydrogens (tertiary/aromatic N) is 1. The molecule has 0 radical (unpaired) electrons. The summed E-state index contributed by atoms with van der Waals surface area (Å²) in [6, 6.07) is 17.5. The Morgan fingerprint density at radius 1 is 0.946 bits per heavy atom. The average Bonchev–Trinajstić information content (AvgIpc) is 2.91. The maximum Gasteiger partial charge on any atom is 0.305 e. The zero-order chi connectivity index (χ0) is 26.5. The summed E-state index contributed by atoms with van der Waals surface area (Å²) in [4.78, 5) is 39.0. The molecular weight excluding hydrogens is 486 g/mol. The predicted molar refractivity (Wildman–Crippen MR) is 149 cm³/mol. The maximum atomic E-state index is 12.9. The van der Waals surface area contributed by atoms with Gasteiger partial charge in [0.2, 0.25) is 5.91 Å². The number of rotatable bonds is 11. The molecule has 0 bridgehead atoms. The first-order chi connectivity index (χ1) is 17.9. The summed E-state index contributed by atoms with van der Waals surface area (Å²) in [5, 5.41) is 6.04. The summed E-state index contributed by atoms with van der Waals surface area (Å²) in [7, 11) is 1.72. The van der Waals surface area contributed by atoms with Gasteiger partial charge in [-0.15, -0.1) is 0 Å². The van der Waals surface area contributed by atoms with Crippen molar-refractivity contribution in [3.63, 3.8) is 0 Å². The van der Waals surface area contributed by atoms with Crippen LogP contribution in [0.25, 0.3) is 0 Å². The van der Waals surface area contributed by atoms with Crippen molar-refractivity contribution in [1.82, 2.24) is 10.6 Å². The second kappa shape index (κ2) is 15.1. The third-order valence-electron chi connectivity index (χ3n) is 6.50. The highest BCUT2D eigenvalue weighted by Crippen LogP contribution is 2.22. The average molecular weight is 524 g/mol. The van der Waals surface area contributed by atoms with Crippen molar-refractivity contribution >= 4 is 40.8 Å². The van der Waals surface area contributed by atoms with Crippen LogP contribution < -0.4 is 15.5 Å². The molecule has 0 aliphatic heterocycles. The Bertz CT molecular complexity index is 1050. The minimum atomic E-state index is -0.307. The van der Waals surface area contributed by atoms with Gasteiger partial charge in [0.1, 0.15) is 0 Å². The summed E-state index contributed by atoms with van der Waals surface area (Å²) in [5.41, 5.74) is 2.35. The van der Waals surface area contributed by atoms with Gasteiger partial charge >= 0.3 is 5.97 Å². The molecule has 3 rings (SSSR count). The smallest absolute Gasteiger partial charge is 0.305 e. The van der Waals surface area contributed by atoms with Gasteiger partial charge in [-0.1, -0.05) is 61.7 Å². The fourth-order valence-electron chi connectivity index (χ4n) is 4.42. The minimum Gasteiger partial charge on any atom is -0.466 e. The molecule has 2 aromatic carbocycles. The third-order valence-corrected chi connectivity index (χ3v) is 6.88. The van der Waals surface area contributed by atoms with Crippen LogP contribution in [-0.4, -0.2) is 42.6 Å². The highest BCUT2D eigenvalue weighted by molar-refractivity contribution is 7.80. The van der Waals surface area contributed by atoms with E-state index >= 15 is 0 Å². The standard InChI is InChI=1S/C29H37N3O4S/c1-32(25-18-9-8-17-24(25)28(35)30-23-15-6-3-7-16-23)29(37)31-26(33)19-10-20-27(34)36-21-11-14-22-12-4-2-5-13-22/h2,4-5,8-9,12-13,17-18,23H,3,6-7,10-11,14-16,19-21H2,1H3,(H,30,35)(H,31,33,37). The highest BCUT2D eigenvalue weighted by Gasteiger charge is 2.21. The molecule has 2 aromatic rings. The van der Waals surface area contributed by atoms with E-state index in [0.717, 1.165) is 38.5 Å². The van der Waals surface area contributed by atoms with E-state index in [1.807, 2.05) is 48.5 Å². The number of para-hydroxylation sites is 1. The number of carbonyl (C=O) groups is 3. The monoisotopic (exact) mass is 523 g/mol. The maximum absolute atomic E-state index is 12.9. The molecule has 0 unspecified atom stereocenters. The molecule has 1 aliphatic carbocycles. The molecule has 37 heavy (non-hydrogen) atoms. The summed E-state index contributed by atoms with van der Waals surface area (Å²) in [5.74, 6) is -0.720. The Hall–Kier alpha value is -3.26. The lowest BCUT2D eigenvalue weighted by Crippen LogP contribution is -2.42. The molecule has 2 amide bonds. The molecule has 1 aliphatic rings. The first-order valence-corrected chi connectivity index (χ1v) is 13.5. The number of esters is 1. The molecule has 2 N–H and O–H groups in total. The van der Waals surface area contributed by atoms with E-state index in [4.69, 9.17) is 17.0 Å². The molecular formula is C29H37N3O4S. The van der Waals surface area contributed by atoms with E-state index in [1.54, 1.807) is 18.0 Å². The van der Waals surface area contributed by atoms with Crippen molar-refractivity contribution in [3.05, 3.63) is 65.7 Å². The van der Waals surface area contributed by atoms with Crippen LogP contribution in [0.2, 0.25) is 0 Å². The zero-order valence-corrected chi connectivity index (χ0v) is 22.4. The number of thiocarbonyl (C=S) groups is 1. The Morgan fingerprint density at radius 2 is 1.65 bits per heavy atom. The summed E-state index contributed by atoms with van der Waals surface area (Å²) >= 11 is 5.43. The number of ether oxygens (including phenoxy) is 1. The largest absolute Gasteiger partial charge is 0.466 e. The Balaban J connectivity index is 1.38. The Labute approximate surface area is 225 Å². The number of anilines is 1. The van der Waals surface area contributed by atoms with E-state index in [1.165, 1.54) is 12.0 Å². The lowest BCUT2D eigenvalue weighted by molar-refractivity contribution is -0.143. The van der Waals surface area contributed by atoms with E-state index in [-0.39, 0.29) is 41.8 Å². The van der Waals surface area contributed by atoms with Gasteiger partial charge in [-0.2, -0.15) is 0 Å². The van der Waals surface area contributed by atoms with Crippen LogP contribution in [-0.2, 0) is 20.7 Å². The topological polar surface area (TPSA) is 87.7 Å². The molecule has 0 saturated heterocycles. The lowest BCUT2D eigenvalue weighted by atomic mass is 9.95. The van der Waals surface area contributed by atoms with Gasteiger partial charge in [-0.05, 0) is 62.0 Å². The van der Waals surface area contributed by atoms with Gasteiger partial charge in [-0.25, -0.2) is 0 Å². The van der Waals surface area contributed by atoms with Crippen LogP contribution in [0.5, 0.6) is 0 Å². The zero-order valence-electron chi connectivity index (χ0n) is 21.5. The van der Waals surface area contributed by atoms with Gasteiger partial charge in [0.15, 0.2) is 5.11 Å². The highest BCUT2D eigenvalue weighted by atomic mass is 32.1. The molecule has 7 nitrogen and oxygen atoms in total. The van der Waals surface area contributed by atoms with Gasteiger partial charge in [0, 0.05) is 25.9 Å². The minimum absolute atomic E-state index is 0.134. The van der Waals surface area contributed by atoms with Crippen molar-refractivity contribution in [2.75, 3.05) is 18.6 Å². The van der Waals surface area contributed by atoms with Crippen LogP contribution in [0.15, 0.2) is 54.6 Å². The molecule has 1 fully saturated rings. The second-order valence-electron chi connectivity index (χ2n) is 9.40. The van der Waals surface area contributed by atoms with Crippen LogP contribution in [0, 0.1) is 0 Å². The molecule has 198 valence electrons. The van der Waals surface area contributed by atoms with Crippen molar-refractivity contribution in [2.24, 2.45) is 0 Å². The van der Waals surface area contributed by atoms with Crippen LogP contribution in [0.4, 0.5) is 5.69 Å². The predicted octanol–water partition coefficient (Wildman–Crippen LogP) is 4.93. The number of amides is 2. The number of aryl methyl sites for hydroxylation is 1. The van der Waals surface area contributed by atoms with Crippen LogP contribution in [0.3, 0.4) is 0 Å². The van der Waals surface area contributed by atoms with Crippen molar-refractivity contribution in [2.45, 2.75) is 70.3 Å². The van der Waals surface area contributed by atoms with Gasteiger partial charge < -0.3 is 20.3 Å². The van der Waals surface area contributed by atoms with Crippen LogP contribution in [0.1, 0.15) is 73.7 Å². The first-order valence-electron chi connectivity index (χ1n) is 13.1. The van der Waals surface area contributed by atoms with E-state index < -0.39 is 0 Å². The Morgan fingerprint density at radius 3 is 2.41 bits per heavy atom. The molecule has 0 aromatic heterocycles. The van der Waals surface area contributed by atoms with Crippen LogP contribution >= 0.6 is 12.2 Å². The van der Waals surface area contributed by atoms with Gasteiger partial charge in [-0.3, -0.25) is 14.4 Å². The molecule has 0 atom stereocenters. The van der Waals surface area contributed by atoms with E-state index in [0.29, 0.717) is 24.3 Å². The SMILES string of the molecule is CN(C(=S)NC(=O)CCCC(=O)OCCCc1ccccc1)c1ccccc1C(=O)NC1CCCCC1. The number of hydrogen-bond donors (Lipinski definition) is 2. The fraction of sp³-hybridized carbons (Fsp3) is 0.448. The lowest BCUT2D eigenvalue weighted by Gasteiger charge is -2.26. The first kappa shape index (κ1) is 28.3. The number of nitrogens with one attached hydrogen (secondary N) is 2. The summed E-state index contributed by atoms with van der Waals surface area (Å²) in [6.07, 6.45) is 7.79. The van der Waals surface area contributed by atoms with Gasteiger partial charge in [0.25, 0.3) is 5.91 Å². The van der Waals surface area contributed by atoms with E-state index in [9.17, 15) is 14.4 Å². The Kier molecular flexibility index (Phi) is 11.6. The molecule has 0 heterocycles. The molecule has 8 heteroatoms. The van der Waals surface area contributed by atoms with Crippen molar-refractivity contribution < 1.29 is 19.1 Å². The summed E-state index contributed by atoms with van der Waals surface area (Å²) < 4.78 is 5.27. The van der Waals surface area contributed by atoms with Crippen molar-refractivity contribution in [3.8, 4) is 0 Å². The number of carbonyl (C=O) groups excluding carboxylic acids is 3. The van der Waals surface area contributed by atoms with E-state index in [2.05, 4.69) is 10.6 Å². The number of benzene rings is 2. The molecule has 1 saturated carbocycles. The summed E-state index contributed by atoms with van der Waals surface area (Å²) in [6.45, 7) is 0.364. The van der Waals surface area contributed by atoms with Gasteiger partial charge in [0.05, 0.1) is 17.9 Å². The van der Waals surface area contributed by atoms with Crippen molar-refractivity contribution in [1.29, 1.82) is 0 Å². The quantitative estimate of drug-likeness (QED) is 0.247. The normalized spacial score (nSPS) is 13.4. The second-order valence-corrected chi connectivity index (χ2v) is 9.79. The fourth-order valence-corrected chi connectivity index (χ4v) is 4.63. The molecule has 0 spiro atoms.